The van der Waals surface area contributed by atoms with E-state index in [1.807, 2.05) is 30.5 Å². The van der Waals surface area contributed by atoms with E-state index < -0.39 is 0 Å². The molecule has 0 bridgehead atoms. The van der Waals surface area contributed by atoms with Crippen molar-refractivity contribution < 1.29 is 9.59 Å². The predicted molar refractivity (Wildman–Crippen MR) is 104 cm³/mol. The molecule has 2 N–H and O–H groups in total. The Morgan fingerprint density at radius 3 is 2.40 bits per heavy atom. The molecule has 0 radical (unpaired) electrons. The van der Waals surface area contributed by atoms with Gasteiger partial charge in [-0.15, -0.1) is 11.8 Å². The predicted octanol–water partition coefficient (Wildman–Crippen LogP) is 3.12. The van der Waals surface area contributed by atoms with Crippen LogP contribution in [-0.4, -0.2) is 49.1 Å². The van der Waals surface area contributed by atoms with Crippen LogP contribution in [-0.2, 0) is 9.59 Å². The Hall–Kier alpha value is -1.53. The Morgan fingerprint density at radius 2 is 1.72 bits per heavy atom. The smallest absolute Gasteiger partial charge is 0.238 e. The number of carbonyl (C=O) groups excluding carboxylic acids is 2. The Kier molecular flexibility index (Phi) is 8.28. The standard InChI is InChI=1S/C19H29N3O2S/c1-22(13-18(23)20-15-9-5-3-4-6-10-15)14-19(24)21-16-11-7-8-12-17(16)25-2/h7-8,11-12,15H,3-6,9-10,13-14H2,1-2H3,(H,20,23)(H,21,24). The van der Waals surface area contributed by atoms with Crippen molar-refractivity contribution in [2.45, 2.75) is 49.5 Å². The van der Waals surface area contributed by atoms with Crippen LogP contribution < -0.4 is 10.6 Å². The summed E-state index contributed by atoms with van der Waals surface area (Å²) < 4.78 is 0. The van der Waals surface area contributed by atoms with Gasteiger partial charge in [-0.3, -0.25) is 14.5 Å². The number of anilines is 1. The highest BCUT2D eigenvalue weighted by Gasteiger charge is 2.17. The molecule has 2 amide bonds. The molecule has 1 aliphatic rings. The summed E-state index contributed by atoms with van der Waals surface area (Å²) in [6, 6.07) is 8.02. The number of carbonyl (C=O) groups is 2. The van der Waals surface area contributed by atoms with Gasteiger partial charge in [0.2, 0.25) is 11.8 Å². The van der Waals surface area contributed by atoms with Gasteiger partial charge in [0, 0.05) is 10.9 Å². The lowest BCUT2D eigenvalue weighted by molar-refractivity contribution is -0.123. The van der Waals surface area contributed by atoms with Crippen molar-refractivity contribution in [1.82, 2.24) is 10.2 Å². The summed E-state index contributed by atoms with van der Waals surface area (Å²) in [6.07, 6.45) is 9.04. The number of benzene rings is 1. The largest absolute Gasteiger partial charge is 0.352 e. The maximum Gasteiger partial charge on any atom is 0.238 e. The number of nitrogens with zero attached hydrogens (tertiary/aromatic N) is 1. The number of nitrogens with one attached hydrogen (secondary N) is 2. The fraction of sp³-hybridized carbons (Fsp3) is 0.579. The molecule has 138 valence electrons. The number of hydrogen-bond acceptors (Lipinski definition) is 4. The summed E-state index contributed by atoms with van der Waals surface area (Å²) in [7, 11) is 1.80. The van der Waals surface area contributed by atoms with Crippen LogP contribution in [0.15, 0.2) is 29.2 Å². The third-order valence-corrected chi connectivity index (χ3v) is 5.22. The molecule has 0 spiro atoms. The molecule has 1 aromatic rings. The summed E-state index contributed by atoms with van der Waals surface area (Å²) in [5, 5.41) is 6.04. The van der Waals surface area contributed by atoms with Crippen molar-refractivity contribution in [1.29, 1.82) is 0 Å². The maximum absolute atomic E-state index is 12.2. The van der Waals surface area contributed by atoms with Gasteiger partial charge in [-0.1, -0.05) is 37.8 Å². The second kappa shape index (κ2) is 10.5. The lowest BCUT2D eigenvalue weighted by atomic mass is 10.1. The number of amides is 2. The van der Waals surface area contributed by atoms with E-state index in [2.05, 4.69) is 10.6 Å². The van der Waals surface area contributed by atoms with Crippen LogP contribution in [0.3, 0.4) is 0 Å². The molecule has 0 aromatic heterocycles. The summed E-state index contributed by atoms with van der Waals surface area (Å²) in [4.78, 5) is 27.2. The van der Waals surface area contributed by atoms with Crippen molar-refractivity contribution in [3.05, 3.63) is 24.3 Å². The van der Waals surface area contributed by atoms with E-state index >= 15 is 0 Å². The van der Waals surface area contributed by atoms with Crippen molar-refractivity contribution in [2.24, 2.45) is 0 Å². The first kappa shape index (κ1) is 19.8. The van der Waals surface area contributed by atoms with E-state index in [0.29, 0.717) is 6.04 Å². The highest BCUT2D eigenvalue weighted by atomic mass is 32.2. The van der Waals surface area contributed by atoms with Crippen LogP contribution in [0.5, 0.6) is 0 Å². The lowest BCUT2D eigenvalue weighted by Crippen LogP contribution is -2.42. The van der Waals surface area contributed by atoms with Crippen LogP contribution in [0.1, 0.15) is 38.5 Å². The molecular formula is C19H29N3O2S. The Morgan fingerprint density at radius 1 is 1.08 bits per heavy atom. The number of para-hydroxylation sites is 1. The monoisotopic (exact) mass is 363 g/mol. The van der Waals surface area contributed by atoms with Crippen molar-refractivity contribution in [3.63, 3.8) is 0 Å². The minimum Gasteiger partial charge on any atom is -0.352 e. The number of thioether (sulfide) groups is 1. The fourth-order valence-corrected chi connectivity index (χ4v) is 3.73. The molecule has 25 heavy (non-hydrogen) atoms. The first-order valence-electron chi connectivity index (χ1n) is 8.99. The summed E-state index contributed by atoms with van der Waals surface area (Å²) >= 11 is 1.60. The first-order chi connectivity index (χ1) is 12.1. The first-order valence-corrected chi connectivity index (χ1v) is 10.2. The van der Waals surface area contributed by atoms with Gasteiger partial charge < -0.3 is 10.6 Å². The summed E-state index contributed by atoms with van der Waals surface area (Å²) in [5.41, 5.74) is 0.816. The molecule has 0 aliphatic heterocycles. The topological polar surface area (TPSA) is 61.4 Å². The molecule has 0 unspecified atom stereocenters. The Bertz CT molecular complexity index is 572. The minimum absolute atomic E-state index is 0.00622. The normalized spacial score (nSPS) is 15.6. The fourth-order valence-electron chi connectivity index (χ4n) is 3.18. The number of rotatable bonds is 7. The SMILES string of the molecule is CSc1ccccc1NC(=O)CN(C)CC(=O)NC1CCCCCC1. The van der Waals surface area contributed by atoms with E-state index in [1.165, 1.54) is 25.7 Å². The quantitative estimate of drug-likeness (QED) is 0.577. The molecule has 0 heterocycles. The van der Waals surface area contributed by atoms with E-state index in [0.717, 1.165) is 23.4 Å². The summed E-state index contributed by atoms with van der Waals surface area (Å²) in [6.45, 7) is 0.439. The zero-order valence-electron chi connectivity index (χ0n) is 15.2. The van der Waals surface area contributed by atoms with Gasteiger partial charge in [-0.2, -0.15) is 0 Å². The molecule has 0 saturated heterocycles. The molecule has 1 aliphatic carbocycles. The molecule has 5 nitrogen and oxygen atoms in total. The van der Waals surface area contributed by atoms with Gasteiger partial charge in [0.1, 0.15) is 0 Å². The molecule has 6 heteroatoms. The Labute approximate surface area is 154 Å². The van der Waals surface area contributed by atoms with E-state index in [9.17, 15) is 9.59 Å². The average Bonchev–Trinajstić information content (AvgIpc) is 2.83. The minimum atomic E-state index is -0.105. The molecule has 2 rings (SSSR count). The van der Waals surface area contributed by atoms with Crippen LogP contribution in [0.25, 0.3) is 0 Å². The van der Waals surface area contributed by atoms with Gasteiger partial charge in [0.15, 0.2) is 0 Å². The van der Waals surface area contributed by atoms with Crippen molar-refractivity contribution >= 4 is 29.3 Å². The zero-order chi connectivity index (χ0) is 18.1. The van der Waals surface area contributed by atoms with E-state index in [1.54, 1.807) is 23.7 Å². The van der Waals surface area contributed by atoms with Gasteiger partial charge in [-0.25, -0.2) is 0 Å². The second-order valence-corrected chi connectivity index (χ2v) is 7.52. The maximum atomic E-state index is 12.2. The van der Waals surface area contributed by atoms with Crippen LogP contribution in [0.4, 0.5) is 5.69 Å². The van der Waals surface area contributed by atoms with E-state index in [4.69, 9.17) is 0 Å². The van der Waals surface area contributed by atoms with Crippen LogP contribution in [0.2, 0.25) is 0 Å². The van der Waals surface area contributed by atoms with Crippen LogP contribution >= 0.6 is 11.8 Å². The highest BCUT2D eigenvalue weighted by Crippen LogP contribution is 2.24. The van der Waals surface area contributed by atoms with Crippen LogP contribution in [0, 0.1) is 0 Å². The van der Waals surface area contributed by atoms with Gasteiger partial charge in [-0.05, 0) is 38.3 Å². The number of hydrogen-bond donors (Lipinski definition) is 2. The van der Waals surface area contributed by atoms with Gasteiger partial charge in [0.25, 0.3) is 0 Å². The van der Waals surface area contributed by atoms with Gasteiger partial charge >= 0.3 is 0 Å². The molecule has 1 saturated carbocycles. The molecular weight excluding hydrogens is 334 g/mol. The zero-order valence-corrected chi connectivity index (χ0v) is 16.0. The third-order valence-electron chi connectivity index (χ3n) is 4.43. The second-order valence-electron chi connectivity index (χ2n) is 6.68. The highest BCUT2D eigenvalue weighted by molar-refractivity contribution is 7.98. The summed E-state index contributed by atoms with van der Waals surface area (Å²) in [5.74, 6) is -0.0991. The number of likely N-dealkylation sites (N-methyl/N-ethyl adjacent to an activating group) is 1. The van der Waals surface area contributed by atoms with Gasteiger partial charge in [0.05, 0.1) is 18.8 Å². The molecule has 1 aromatic carbocycles. The average molecular weight is 364 g/mol. The Balaban J connectivity index is 1.75. The lowest BCUT2D eigenvalue weighted by Gasteiger charge is -2.20. The molecule has 0 atom stereocenters. The van der Waals surface area contributed by atoms with Crippen molar-refractivity contribution in [3.8, 4) is 0 Å². The third kappa shape index (κ3) is 7.08. The molecule has 1 fully saturated rings. The van der Waals surface area contributed by atoms with E-state index in [-0.39, 0.29) is 24.9 Å². The van der Waals surface area contributed by atoms with Crippen molar-refractivity contribution in [2.75, 3.05) is 31.7 Å².